The second-order valence-electron chi connectivity index (χ2n) is 8.87. The summed E-state index contributed by atoms with van der Waals surface area (Å²) in [5, 5.41) is 23.3. The number of benzene rings is 1. The zero-order chi connectivity index (χ0) is 19.8. The zero-order valence-electron chi connectivity index (χ0n) is 17.4. The number of carboxylic acid groups (broad SMARTS) is 1. The molecule has 1 saturated heterocycles. The normalized spacial score (nSPS) is 36.6. The number of rotatable bonds is 4. The number of ether oxygens (including phenoxy) is 2. The lowest BCUT2D eigenvalue weighted by Crippen LogP contribution is -2.78. The minimum atomic E-state index is -0.870. The number of aliphatic carboxylic acids is 1. The number of nitrogens with zero attached hydrogens (tertiary/aromatic N) is 1. The lowest BCUT2D eigenvalue weighted by atomic mass is 9.48. The Hall–Kier alpha value is -1.25. The largest absolute Gasteiger partial charge is 0.504 e. The number of hydrogen-bond donors (Lipinski definition) is 3. The molecule has 2 bridgehead atoms. The van der Waals surface area contributed by atoms with Gasteiger partial charge < -0.3 is 24.6 Å². The number of phenolic OH excluding ortho intramolecular Hbond substituents is 1. The van der Waals surface area contributed by atoms with E-state index in [0.29, 0.717) is 5.75 Å². The SMILES string of the molecule is CO[C@@]12CC[C@H](N[C@@H](C)C(=O)O)[C@@H]3Oc4c(O)ccc5c4C31CCN(C)C2C5.Cl.Cl. The average Bonchev–Trinajstić information content (AvgIpc) is 3.03. The molecule has 0 radical (unpaired) electrons. The number of phenols is 1. The van der Waals surface area contributed by atoms with Gasteiger partial charge in [0.15, 0.2) is 11.5 Å². The molecule has 2 heterocycles. The Morgan fingerprint density at radius 2 is 2.10 bits per heavy atom. The Morgan fingerprint density at radius 1 is 1.37 bits per heavy atom. The van der Waals surface area contributed by atoms with Gasteiger partial charge in [0.05, 0.1) is 11.0 Å². The van der Waals surface area contributed by atoms with Gasteiger partial charge in [-0.25, -0.2) is 0 Å². The lowest BCUT2D eigenvalue weighted by molar-refractivity contribution is -0.204. The molecule has 2 aliphatic heterocycles. The molecule has 5 rings (SSSR count). The number of aromatic hydroxyl groups is 1. The van der Waals surface area contributed by atoms with Crippen molar-refractivity contribution in [1.82, 2.24) is 10.2 Å². The molecule has 3 N–H and O–H groups in total. The summed E-state index contributed by atoms with van der Waals surface area (Å²) >= 11 is 0. The molecular weight excluding hydrogens is 431 g/mol. The summed E-state index contributed by atoms with van der Waals surface area (Å²) in [5.41, 5.74) is 1.53. The van der Waals surface area contributed by atoms with E-state index in [1.807, 2.05) is 6.07 Å². The number of carbonyl (C=O) groups is 1. The van der Waals surface area contributed by atoms with Crippen molar-refractivity contribution in [2.24, 2.45) is 0 Å². The molecule has 2 aliphatic carbocycles. The van der Waals surface area contributed by atoms with Crippen LogP contribution in [0.15, 0.2) is 12.1 Å². The molecule has 1 spiro atoms. The van der Waals surface area contributed by atoms with Gasteiger partial charge in [-0.15, -0.1) is 24.8 Å². The summed E-state index contributed by atoms with van der Waals surface area (Å²) in [6.07, 6.45) is 3.07. The van der Waals surface area contributed by atoms with Crippen LogP contribution in [0.4, 0.5) is 0 Å². The second kappa shape index (κ2) is 7.71. The number of nitrogens with one attached hydrogen (secondary N) is 1. The number of piperidine rings is 1. The first-order valence-corrected chi connectivity index (χ1v) is 10.1. The molecule has 6 atom stereocenters. The van der Waals surface area contributed by atoms with Crippen LogP contribution in [0.25, 0.3) is 0 Å². The molecule has 30 heavy (non-hydrogen) atoms. The highest BCUT2D eigenvalue weighted by Crippen LogP contribution is 2.66. The van der Waals surface area contributed by atoms with Crippen LogP contribution < -0.4 is 10.1 Å². The predicted octanol–water partition coefficient (Wildman–Crippen LogP) is 2.11. The van der Waals surface area contributed by atoms with Crippen molar-refractivity contribution < 1.29 is 24.5 Å². The van der Waals surface area contributed by atoms with E-state index in [0.717, 1.165) is 37.8 Å². The Labute approximate surface area is 188 Å². The van der Waals surface area contributed by atoms with E-state index in [4.69, 9.17) is 9.47 Å². The fourth-order valence-electron chi connectivity index (χ4n) is 6.70. The smallest absolute Gasteiger partial charge is 0.320 e. The topological polar surface area (TPSA) is 91.3 Å². The Balaban J connectivity index is 0.00000128. The van der Waals surface area contributed by atoms with Gasteiger partial charge in [-0.3, -0.25) is 10.1 Å². The number of hydrogen-bond acceptors (Lipinski definition) is 6. The van der Waals surface area contributed by atoms with Crippen LogP contribution in [0, 0.1) is 0 Å². The van der Waals surface area contributed by atoms with E-state index in [1.54, 1.807) is 20.1 Å². The minimum Gasteiger partial charge on any atom is -0.504 e. The number of halogens is 2. The van der Waals surface area contributed by atoms with E-state index < -0.39 is 17.6 Å². The van der Waals surface area contributed by atoms with Crippen LogP contribution in [0.5, 0.6) is 11.5 Å². The van der Waals surface area contributed by atoms with Crippen LogP contribution >= 0.6 is 24.8 Å². The van der Waals surface area contributed by atoms with Gasteiger partial charge in [-0.1, -0.05) is 6.07 Å². The highest BCUT2D eigenvalue weighted by Gasteiger charge is 2.73. The molecule has 7 nitrogen and oxygen atoms in total. The van der Waals surface area contributed by atoms with E-state index in [-0.39, 0.29) is 54.2 Å². The van der Waals surface area contributed by atoms with Gasteiger partial charge in [0.1, 0.15) is 12.1 Å². The summed E-state index contributed by atoms with van der Waals surface area (Å²) < 4.78 is 12.8. The minimum absolute atomic E-state index is 0. The lowest BCUT2D eigenvalue weighted by Gasteiger charge is -2.65. The van der Waals surface area contributed by atoms with Gasteiger partial charge in [-0.2, -0.15) is 0 Å². The third-order valence-electron chi connectivity index (χ3n) is 7.89. The van der Waals surface area contributed by atoms with Gasteiger partial charge in [0.2, 0.25) is 0 Å². The maximum atomic E-state index is 11.5. The van der Waals surface area contributed by atoms with Gasteiger partial charge in [0.25, 0.3) is 0 Å². The molecule has 1 saturated carbocycles. The predicted molar refractivity (Wildman–Crippen MR) is 116 cm³/mol. The first kappa shape index (κ1) is 23.4. The van der Waals surface area contributed by atoms with Crippen LogP contribution in [0.1, 0.15) is 37.3 Å². The van der Waals surface area contributed by atoms with Crippen LogP contribution in [0.2, 0.25) is 0 Å². The van der Waals surface area contributed by atoms with E-state index in [9.17, 15) is 15.0 Å². The molecule has 9 heteroatoms. The maximum Gasteiger partial charge on any atom is 0.320 e. The number of likely N-dealkylation sites (N-methyl/N-ethyl adjacent to an activating group) is 1. The molecule has 1 aromatic rings. The van der Waals surface area contributed by atoms with Crippen LogP contribution in [0.3, 0.4) is 0 Å². The van der Waals surface area contributed by atoms with Crippen molar-refractivity contribution >= 4 is 30.8 Å². The quantitative estimate of drug-likeness (QED) is 0.633. The van der Waals surface area contributed by atoms with Crippen molar-refractivity contribution in [3.63, 3.8) is 0 Å². The van der Waals surface area contributed by atoms with E-state index in [2.05, 4.69) is 17.3 Å². The standard InChI is InChI=1S/C21H28N2O5.2ClH/c1-11(19(25)26)22-13-6-7-21(27-3)15-10-12-4-5-14(24)17-16(12)20(21,18(13)28-17)8-9-23(15)2;;/h4-5,11,13,15,18,22,24H,6-10H2,1-3H3,(H,25,26);2*1H/t11-,13-,15?,18-,20?,21+;;/m0../s1. The highest BCUT2D eigenvalue weighted by atomic mass is 35.5. The van der Waals surface area contributed by atoms with Gasteiger partial charge >= 0.3 is 5.97 Å². The van der Waals surface area contributed by atoms with Crippen LogP contribution in [-0.4, -0.2) is 71.6 Å². The third-order valence-corrected chi connectivity index (χ3v) is 7.89. The van der Waals surface area contributed by atoms with E-state index in [1.165, 1.54) is 5.56 Å². The summed E-state index contributed by atoms with van der Waals surface area (Å²) in [7, 11) is 3.96. The zero-order valence-corrected chi connectivity index (χ0v) is 19.0. The molecule has 4 aliphatic rings. The van der Waals surface area contributed by atoms with Crippen molar-refractivity contribution in [2.45, 2.75) is 67.9 Å². The second-order valence-corrected chi connectivity index (χ2v) is 8.87. The molecule has 0 aromatic heterocycles. The van der Waals surface area contributed by atoms with E-state index >= 15 is 0 Å². The molecule has 1 aromatic carbocycles. The number of carboxylic acids is 1. The fraction of sp³-hybridized carbons (Fsp3) is 0.667. The summed E-state index contributed by atoms with van der Waals surface area (Å²) in [4.78, 5) is 13.9. The molecular formula is C21H30Cl2N2O5. The average molecular weight is 461 g/mol. The number of likely N-dealkylation sites (tertiary alicyclic amines) is 1. The molecule has 2 fully saturated rings. The van der Waals surface area contributed by atoms with Crippen LogP contribution in [-0.2, 0) is 21.4 Å². The molecule has 2 unspecified atom stereocenters. The third kappa shape index (κ3) is 2.65. The first-order valence-electron chi connectivity index (χ1n) is 10.1. The Bertz CT molecular complexity index is 855. The Kier molecular flexibility index (Phi) is 6.02. The summed E-state index contributed by atoms with van der Waals surface area (Å²) in [5.74, 6) is -0.136. The van der Waals surface area contributed by atoms with Gasteiger partial charge in [-0.05, 0) is 57.8 Å². The number of methoxy groups -OCH3 is 1. The van der Waals surface area contributed by atoms with Crippen molar-refractivity contribution in [2.75, 3.05) is 20.7 Å². The Morgan fingerprint density at radius 3 is 2.77 bits per heavy atom. The monoisotopic (exact) mass is 460 g/mol. The summed E-state index contributed by atoms with van der Waals surface area (Å²) in [6.45, 7) is 2.59. The highest BCUT2D eigenvalue weighted by molar-refractivity contribution is 5.85. The van der Waals surface area contributed by atoms with Crippen molar-refractivity contribution in [3.05, 3.63) is 23.3 Å². The van der Waals surface area contributed by atoms with Crippen molar-refractivity contribution in [3.8, 4) is 11.5 Å². The fourth-order valence-corrected chi connectivity index (χ4v) is 6.70. The van der Waals surface area contributed by atoms with Crippen molar-refractivity contribution in [1.29, 1.82) is 0 Å². The van der Waals surface area contributed by atoms with Gasteiger partial charge in [0, 0.05) is 24.8 Å². The molecule has 0 amide bonds. The molecule has 168 valence electrons. The first-order chi connectivity index (χ1) is 13.4. The maximum absolute atomic E-state index is 11.5. The summed E-state index contributed by atoms with van der Waals surface area (Å²) in [6, 6.07) is 3.20.